The van der Waals surface area contributed by atoms with Gasteiger partial charge in [0.1, 0.15) is 5.56 Å². The quantitative estimate of drug-likeness (QED) is 0.745. The normalized spacial score (nSPS) is 10.7. The number of pyridine rings is 1. The van der Waals surface area contributed by atoms with E-state index in [0.29, 0.717) is 5.52 Å². The maximum absolute atomic E-state index is 12.8. The topological polar surface area (TPSA) is 76.9 Å². The molecule has 116 valence electrons. The van der Waals surface area contributed by atoms with Crippen LogP contribution in [0.2, 0.25) is 0 Å². The van der Waals surface area contributed by atoms with Gasteiger partial charge in [0, 0.05) is 11.5 Å². The van der Waals surface area contributed by atoms with Gasteiger partial charge in [-0.05, 0) is 23.6 Å². The van der Waals surface area contributed by atoms with Crippen LogP contribution in [0.15, 0.2) is 45.9 Å². The molecule has 3 rings (SSSR count). The fraction of sp³-hybridized carbons (Fsp3) is 0.0667. The minimum atomic E-state index is -0.651. The van der Waals surface area contributed by atoms with Gasteiger partial charge in [-0.3, -0.25) is 14.9 Å². The van der Waals surface area contributed by atoms with E-state index in [2.05, 4.69) is 31.2 Å². The summed E-state index contributed by atoms with van der Waals surface area (Å²) in [6.07, 6.45) is 1.86. The van der Waals surface area contributed by atoms with Crippen LogP contribution in [-0.4, -0.2) is 20.4 Å². The van der Waals surface area contributed by atoms with Crippen LogP contribution in [0.25, 0.3) is 10.9 Å². The summed E-state index contributed by atoms with van der Waals surface area (Å²) in [5, 5.41) is 3.12. The highest BCUT2D eigenvalue weighted by atomic mass is 79.9. The predicted octanol–water partition coefficient (Wildman–Crippen LogP) is 2.48. The second-order valence-electron chi connectivity index (χ2n) is 4.80. The van der Waals surface area contributed by atoms with Crippen molar-refractivity contribution in [1.29, 1.82) is 0 Å². The molecule has 0 saturated carbocycles. The minimum absolute atomic E-state index is 0.0461. The lowest BCUT2D eigenvalue weighted by atomic mass is 10.1. The highest BCUT2D eigenvalue weighted by molar-refractivity contribution is 9.10. The summed E-state index contributed by atoms with van der Waals surface area (Å²) in [7, 11) is 1.59. The number of carbonyl (C=O) groups is 1. The molecule has 0 bridgehead atoms. The summed E-state index contributed by atoms with van der Waals surface area (Å²) in [5.74, 6) is -1.34. The first kappa shape index (κ1) is 15.3. The molecule has 2 heterocycles. The number of nitrogens with zero attached hydrogens (tertiary/aromatic N) is 3. The second-order valence-corrected chi connectivity index (χ2v) is 5.72. The Morgan fingerprint density at radius 1 is 1.26 bits per heavy atom. The highest BCUT2D eigenvalue weighted by Crippen LogP contribution is 2.19. The number of fused-ring (bicyclic) bond motifs is 1. The van der Waals surface area contributed by atoms with Gasteiger partial charge in [0.25, 0.3) is 11.5 Å². The number of anilines is 1. The maximum atomic E-state index is 12.8. The Morgan fingerprint density at radius 3 is 2.65 bits per heavy atom. The van der Waals surface area contributed by atoms with Crippen molar-refractivity contribution in [2.24, 2.45) is 7.05 Å². The molecule has 0 atom stereocenters. The fourth-order valence-electron chi connectivity index (χ4n) is 2.15. The van der Waals surface area contributed by atoms with Crippen molar-refractivity contribution in [3.63, 3.8) is 0 Å². The molecular formula is C15H10BrFN4O2. The van der Waals surface area contributed by atoms with E-state index in [1.807, 2.05) is 6.07 Å². The van der Waals surface area contributed by atoms with Crippen LogP contribution >= 0.6 is 15.9 Å². The van der Waals surface area contributed by atoms with Crippen molar-refractivity contribution < 1.29 is 9.18 Å². The zero-order valence-corrected chi connectivity index (χ0v) is 13.5. The number of aromatic nitrogens is 3. The van der Waals surface area contributed by atoms with Crippen molar-refractivity contribution in [2.75, 3.05) is 5.32 Å². The summed E-state index contributed by atoms with van der Waals surface area (Å²) >= 11 is 3.35. The molecular weight excluding hydrogens is 367 g/mol. The number of aryl methyl sites for hydroxylation is 1. The molecule has 0 fully saturated rings. The van der Waals surface area contributed by atoms with E-state index in [9.17, 15) is 14.0 Å². The summed E-state index contributed by atoms with van der Waals surface area (Å²) in [5.41, 5.74) is 0.199. The Kier molecular flexibility index (Phi) is 3.91. The van der Waals surface area contributed by atoms with Gasteiger partial charge in [0.2, 0.25) is 5.95 Å². The lowest BCUT2D eigenvalue weighted by Gasteiger charge is -2.09. The molecule has 0 spiro atoms. The molecule has 0 radical (unpaired) electrons. The minimum Gasteiger partial charge on any atom is -0.311 e. The molecule has 0 unspecified atom stereocenters. The van der Waals surface area contributed by atoms with E-state index in [-0.39, 0.29) is 11.5 Å². The zero-order valence-electron chi connectivity index (χ0n) is 11.9. The first-order chi connectivity index (χ1) is 11.0. The Bertz CT molecular complexity index is 970. The molecule has 0 saturated heterocycles. The smallest absolute Gasteiger partial charge is 0.263 e. The van der Waals surface area contributed by atoms with E-state index in [1.165, 1.54) is 10.6 Å². The molecule has 8 heteroatoms. The number of hydrogen-bond donors (Lipinski definition) is 1. The van der Waals surface area contributed by atoms with Crippen LogP contribution in [0.3, 0.4) is 0 Å². The van der Waals surface area contributed by atoms with Crippen LogP contribution in [-0.2, 0) is 7.05 Å². The van der Waals surface area contributed by atoms with E-state index >= 15 is 0 Å². The van der Waals surface area contributed by atoms with Gasteiger partial charge in [-0.15, -0.1) is 0 Å². The molecule has 0 aliphatic heterocycles. The number of rotatable bonds is 2. The van der Waals surface area contributed by atoms with Crippen LogP contribution < -0.4 is 10.9 Å². The highest BCUT2D eigenvalue weighted by Gasteiger charge is 2.15. The maximum Gasteiger partial charge on any atom is 0.263 e. The van der Waals surface area contributed by atoms with E-state index in [0.717, 1.165) is 22.3 Å². The van der Waals surface area contributed by atoms with Gasteiger partial charge in [0.15, 0.2) is 5.82 Å². The number of halogens is 2. The van der Waals surface area contributed by atoms with Gasteiger partial charge >= 0.3 is 0 Å². The molecule has 0 aliphatic rings. The zero-order chi connectivity index (χ0) is 16.6. The lowest BCUT2D eigenvalue weighted by Crippen LogP contribution is -2.28. The third-order valence-electron chi connectivity index (χ3n) is 3.28. The Balaban J connectivity index is 2.03. The number of amides is 1. The molecule has 1 N–H and O–H groups in total. The summed E-state index contributed by atoms with van der Waals surface area (Å²) in [4.78, 5) is 31.9. The van der Waals surface area contributed by atoms with E-state index in [4.69, 9.17) is 0 Å². The number of nitrogens with one attached hydrogen (secondary N) is 1. The molecule has 2 aromatic heterocycles. The number of carbonyl (C=O) groups excluding carboxylic acids is 1. The van der Waals surface area contributed by atoms with Crippen molar-refractivity contribution >= 4 is 38.7 Å². The third kappa shape index (κ3) is 2.98. The summed E-state index contributed by atoms with van der Waals surface area (Å²) < 4.78 is 15.0. The predicted molar refractivity (Wildman–Crippen MR) is 86.8 cm³/mol. The van der Waals surface area contributed by atoms with Gasteiger partial charge in [0.05, 0.1) is 17.9 Å². The van der Waals surface area contributed by atoms with Crippen molar-refractivity contribution in [2.45, 2.75) is 0 Å². The van der Waals surface area contributed by atoms with Crippen molar-refractivity contribution in [3.05, 3.63) is 62.9 Å². The monoisotopic (exact) mass is 376 g/mol. The molecule has 1 amide bonds. The average molecular weight is 377 g/mol. The van der Waals surface area contributed by atoms with Crippen LogP contribution in [0, 0.1) is 5.82 Å². The molecule has 1 aromatic carbocycles. The van der Waals surface area contributed by atoms with Crippen molar-refractivity contribution in [1.82, 2.24) is 14.5 Å². The SMILES string of the molecule is Cn1c(=O)c(C(=O)Nc2ncc(F)cn2)cc2ccc(Br)cc21. The largest absolute Gasteiger partial charge is 0.311 e. The van der Waals surface area contributed by atoms with Crippen LogP contribution in [0.4, 0.5) is 10.3 Å². The second kappa shape index (κ2) is 5.88. The summed E-state index contributed by atoms with van der Waals surface area (Å²) in [6, 6.07) is 6.91. The van der Waals surface area contributed by atoms with Crippen LogP contribution in [0.1, 0.15) is 10.4 Å². The Hall–Kier alpha value is -2.61. The average Bonchev–Trinajstić information content (AvgIpc) is 2.53. The molecule has 23 heavy (non-hydrogen) atoms. The van der Waals surface area contributed by atoms with E-state index < -0.39 is 17.3 Å². The van der Waals surface area contributed by atoms with Crippen LogP contribution in [0.5, 0.6) is 0 Å². The van der Waals surface area contributed by atoms with Gasteiger partial charge < -0.3 is 4.57 Å². The van der Waals surface area contributed by atoms with E-state index in [1.54, 1.807) is 19.2 Å². The summed E-state index contributed by atoms with van der Waals surface area (Å²) in [6.45, 7) is 0. The first-order valence-corrected chi connectivity index (χ1v) is 7.33. The molecule has 6 nitrogen and oxygen atoms in total. The Labute approximate surface area is 138 Å². The molecule has 0 aliphatic carbocycles. The fourth-order valence-corrected chi connectivity index (χ4v) is 2.49. The van der Waals surface area contributed by atoms with Gasteiger partial charge in [-0.25, -0.2) is 14.4 Å². The third-order valence-corrected chi connectivity index (χ3v) is 3.77. The van der Waals surface area contributed by atoms with Crippen molar-refractivity contribution in [3.8, 4) is 0 Å². The van der Waals surface area contributed by atoms with Gasteiger partial charge in [-0.2, -0.15) is 0 Å². The first-order valence-electron chi connectivity index (χ1n) is 6.54. The lowest BCUT2D eigenvalue weighted by molar-refractivity contribution is 0.102. The number of hydrogen-bond acceptors (Lipinski definition) is 4. The standard InChI is InChI=1S/C15H10BrFN4O2/c1-21-12-5-9(16)3-2-8(12)4-11(14(21)23)13(22)20-15-18-6-10(17)7-19-15/h2-7H,1H3,(H,18,19,20,22). The Morgan fingerprint density at radius 2 is 1.96 bits per heavy atom. The molecule has 3 aromatic rings. The number of benzene rings is 1. The van der Waals surface area contributed by atoms with Gasteiger partial charge in [-0.1, -0.05) is 22.0 Å².